The standard InChI is InChI=1S/C21H24N8O2S/c1-2-10-31-11-9-22-15-5-6-18-25-26-21(28(18)12-15)32-19-8-7-17-23-16(13-29(17)27-19)24-20(30)14-3-4-14/h5-8,12-14,22H,2-4,9-11H2,1H3,(H,24,30). The smallest absolute Gasteiger partial charge is 0.228 e. The second kappa shape index (κ2) is 9.13. The lowest BCUT2D eigenvalue weighted by atomic mass is 10.4. The maximum atomic E-state index is 12.0. The minimum atomic E-state index is 0.0271. The summed E-state index contributed by atoms with van der Waals surface area (Å²) in [7, 11) is 0. The average Bonchev–Trinajstić information content (AvgIpc) is 3.47. The Bertz CT molecular complexity index is 1250. The molecule has 0 radical (unpaired) electrons. The number of nitrogens with zero attached hydrogens (tertiary/aromatic N) is 6. The molecule has 5 rings (SSSR count). The molecule has 1 aliphatic carbocycles. The van der Waals surface area contributed by atoms with Gasteiger partial charge in [0.05, 0.1) is 18.5 Å². The van der Waals surface area contributed by atoms with Gasteiger partial charge >= 0.3 is 0 Å². The zero-order chi connectivity index (χ0) is 21.9. The van der Waals surface area contributed by atoms with Crippen molar-refractivity contribution < 1.29 is 9.53 Å². The topological polar surface area (TPSA) is 111 Å². The van der Waals surface area contributed by atoms with Crippen molar-refractivity contribution in [1.82, 2.24) is 29.2 Å². The number of imidazole rings is 1. The first kappa shape index (κ1) is 20.7. The maximum absolute atomic E-state index is 12.0. The number of hydrogen-bond acceptors (Lipinski definition) is 8. The molecule has 4 aromatic heterocycles. The van der Waals surface area contributed by atoms with Crippen molar-refractivity contribution >= 4 is 40.5 Å². The van der Waals surface area contributed by atoms with Crippen molar-refractivity contribution in [2.24, 2.45) is 5.92 Å². The molecular formula is C21H24N8O2S. The summed E-state index contributed by atoms with van der Waals surface area (Å²) in [4.78, 5) is 16.4. The fourth-order valence-electron chi connectivity index (χ4n) is 3.20. The Labute approximate surface area is 188 Å². The van der Waals surface area contributed by atoms with Crippen LogP contribution in [0.2, 0.25) is 0 Å². The van der Waals surface area contributed by atoms with Crippen LogP contribution in [-0.2, 0) is 9.53 Å². The van der Waals surface area contributed by atoms with Gasteiger partial charge in [0.15, 0.2) is 17.1 Å². The molecule has 1 saturated carbocycles. The molecule has 0 unspecified atom stereocenters. The quantitative estimate of drug-likeness (QED) is 0.353. The van der Waals surface area contributed by atoms with Gasteiger partial charge in [-0.15, -0.1) is 10.2 Å². The van der Waals surface area contributed by atoms with E-state index in [0.717, 1.165) is 48.8 Å². The number of nitrogens with one attached hydrogen (secondary N) is 2. The molecule has 0 atom stereocenters. The van der Waals surface area contributed by atoms with Gasteiger partial charge in [-0.25, -0.2) is 9.50 Å². The van der Waals surface area contributed by atoms with Crippen LogP contribution in [0.15, 0.2) is 46.8 Å². The summed E-state index contributed by atoms with van der Waals surface area (Å²) >= 11 is 1.41. The van der Waals surface area contributed by atoms with Crippen molar-refractivity contribution in [3.05, 3.63) is 36.7 Å². The van der Waals surface area contributed by atoms with Crippen molar-refractivity contribution in [2.45, 2.75) is 36.4 Å². The molecule has 4 aromatic rings. The molecular weight excluding hydrogens is 428 g/mol. The van der Waals surface area contributed by atoms with E-state index in [9.17, 15) is 4.79 Å². The Kier molecular flexibility index (Phi) is 5.91. The van der Waals surface area contributed by atoms with Gasteiger partial charge in [0.25, 0.3) is 0 Å². The van der Waals surface area contributed by atoms with Gasteiger partial charge in [-0.3, -0.25) is 9.20 Å². The van der Waals surface area contributed by atoms with Crippen LogP contribution in [0.3, 0.4) is 0 Å². The lowest BCUT2D eigenvalue weighted by Crippen LogP contribution is -2.13. The average molecular weight is 453 g/mol. The van der Waals surface area contributed by atoms with E-state index in [-0.39, 0.29) is 11.8 Å². The van der Waals surface area contributed by atoms with Crippen LogP contribution in [0.4, 0.5) is 11.5 Å². The molecule has 11 heteroatoms. The Morgan fingerprint density at radius 2 is 2.03 bits per heavy atom. The summed E-state index contributed by atoms with van der Waals surface area (Å²) in [6, 6.07) is 7.65. The van der Waals surface area contributed by atoms with Crippen LogP contribution < -0.4 is 10.6 Å². The third kappa shape index (κ3) is 4.68. The van der Waals surface area contributed by atoms with Crippen molar-refractivity contribution in [2.75, 3.05) is 30.4 Å². The highest BCUT2D eigenvalue weighted by molar-refractivity contribution is 7.99. The van der Waals surface area contributed by atoms with Crippen molar-refractivity contribution in [3.63, 3.8) is 0 Å². The van der Waals surface area contributed by atoms with E-state index in [1.807, 2.05) is 34.9 Å². The third-order valence-electron chi connectivity index (χ3n) is 4.99. The number of pyridine rings is 1. The van der Waals surface area contributed by atoms with E-state index in [1.165, 1.54) is 11.8 Å². The van der Waals surface area contributed by atoms with Crippen LogP contribution in [-0.4, -0.2) is 54.9 Å². The molecule has 2 N–H and O–H groups in total. The Balaban J connectivity index is 1.29. The zero-order valence-electron chi connectivity index (χ0n) is 17.7. The first-order valence-corrected chi connectivity index (χ1v) is 11.5. The van der Waals surface area contributed by atoms with E-state index >= 15 is 0 Å². The Morgan fingerprint density at radius 3 is 2.88 bits per heavy atom. The number of ether oxygens (including phenoxy) is 1. The second-order valence-electron chi connectivity index (χ2n) is 7.63. The summed E-state index contributed by atoms with van der Waals surface area (Å²) < 4.78 is 9.11. The summed E-state index contributed by atoms with van der Waals surface area (Å²) in [6.07, 6.45) is 6.62. The number of rotatable bonds is 10. The first-order chi connectivity index (χ1) is 15.7. The zero-order valence-corrected chi connectivity index (χ0v) is 18.5. The number of amides is 1. The summed E-state index contributed by atoms with van der Waals surface area (Å²) in [5.41, 5.74) is 2.39. The highest BCUT2D eigenvalue weighted by atomic mass is 32.2. The van der Waals surface area contributed by atoms with E-state index in [2.05, 4.69) is 37.8 Å². The van der Waals surface area contributed by atoms with Crippen LogP contribution in [0.1, 0.15) is 26.2 Å². The molecule has 4 heterocycles. The van der Waals surface area contributed by atoms with E-state index in [0.29, 0.717) is 23.2 Å². The predicted octanol–water partition coefficient (Wildman–Crippen LogP) is 3.11. The molecule has 0 bridgehead atoms. The molecule has 32 heavy (non-hydrogen) atoms. The van der Waals surface area contributed by atoms with Gasteiger partial charge in [-0.05, 0) is 55.3 Å². The Morgan fingerprint density at radius 1 is 1.16 bits per heavy atom. The van der Waals surface area contributed by atoms with Gasteiger partial charge in [0, 0.05) is 25.3 Å². The molecule has 0 saturated heterocycles. The van der Waals surface area contributed by atoms with Gasteiger partial charge in [0.2, 0.25) is 11.1 Å². The van der Waals surface area contributed by atoms with Gasteiger partial charge < -0.3 is 15.4 Å². The number of fused-ring (bicyclic) bond motifs is 2. The molecule has 0 aliphatic heterocycles. The van der Waals surface area contributed by atoms with E-state index < -0.39 is 0 Å². The normalized spacial score (nSPS) is 13.7. The van der Waals surface area contributed by atoms with Gasteiger partial charge in [0.1, 0.15) is 5.03 Å². The lowest BCUT2D eigenvalue weighted by Gasteiger charge is -2.08. The summed E-state index contributed by atoms with van der Waals surface area (Å²) in [5, 5.41) is 20.8. The number of hydrogen-bond donors (Lipinski definition) is 2. The molecule has 1 aliphatic rings. The summed E-state index contributed by atoms with van der Waals surface area (Å²) in [6.45, 7) is 4.26. The largest absolute Gasteiger partial charge is 0.382 e. The second-order valence-corrected chi connectivity index (χ2v) is 8.62. The molecule has 1 fully saturated rings. The van der Waals surface area contributed by atoms with Crippen LogP contribution in [0, 0.1) is 5.92 Å². The molecule has 0 spiro atoms. The number of carbonyl (C=O) groups is 1. The minimum absolute atomic E-state index is 0.0271. The SMILES string of the molecule is CCCOCCNc1ccc2nnc(Sc3ccc4nc(NC(=O)C5CC5)cn4n3)n2c1. The van der Waals surface area contributed by atoms with Crippen LogP contribution in [0.25, 0.3) is 11.3 Å². The maximum Gasteiger partial charge on any atom is 0.228 e. The monoisotopic (exact) mass is 452 g/mol. The Hall–Kier alpha value is -3.18. The lowest BCUT2D eigenvalue weighted by molar-refractivity contribution is -0.117. The van der Waals surface area contributed by atoms with Gasteiger partial charge in [-0.2, -0.15) is 5.10 Å². The highest BCUT2D eigenvalue weighted by Gasteiger charge is 2.30. The van der Waals surface area contributed by atoms with Crippen molar-refractivity contribution in [1.29, 1.82) is 0 Å². The molecule has 166 valence electrons. The number of aromatic nitrogens is 6. The fourth-order valence-corrected chi connectivity index (χ4v) is 3.98. The predicted molar refractivity (Wildman–Crippen MR) is 121 cm³/mol. The molecule has 0 aromatic carbocycles. The van der Waals surface area contributed by atoms with Crippen molar-refractivity contribution in [3.8, 4) is 0 Å². The number of anilines is 2. The fraction of sp³-hybridized carbons (Fsp3) is 0.381. The van der Waals surface area contributed by atoms with Crippen LogP contribution in [0.5, 0.6) is 0 Å². The first-order valence-electron chi connectivity index (χ1n) is 10.7. The number of carbonyl (C=O) groups excluding carboxylic acids is 1. The molecule has 10 nitrogen and oxygen atoms in total. The van der Waals surface area contributed by atoms with Crippen LogP contribution >= 0.6 is 11.8 Å². The molecule has 1 amide bonds. The van der Waals surface area contributed by atoms with Gasteiger partial charge in [-0.1, -0.05) is 6.92 Å². The third-order valence-corrected chi connectivity index (χ3v) is 5.87. The minimum Gasteiger partial charge on any atom is -0.382 e. The summed E-state index contributed by atoms with van der Waals surface area (Å²) in [5.74, 6) is 0.672. The van der Waals surface area contributed by atoms with E-state index in [4.69, 9.17) is 4.74 Å². The van der Waals surface area contributed by atoms with E-state index in [1.54, 1.807) is 10.7 Å². The highest BCUT2D eigenvalue weighted by Crippen LogP contribution is 2.30.